The summed E-state index contributed by atoms with van der Waals surface area (Å²) in [5.41, 5.74) is 1.84. The first-order valence-electron chi connectivity index (χ1n) is 6.49. The normalized spacial score (nSPS) is 18.0. The Morgan fingerprint density at radius 1 is 1.14 bits per heavy atom. The van der Waals surface area contributed by atoms with Crippen LogP contribution in [0.4, 0.5) is 5.69 Å². The minimum atomic E-state index is -0.993. The Morgan fingerprint density at radius 3 is 2.62 bits per heavy atom. The molecule has 5 heteroatoms. The molecule has 21 heavy (non-hydrogen) atoms. The Morgan fingerprint density at radius 2 is 1.90 bits per heavy atom. The third-order valence-corrected chi connectivity index (χ3v) is 4.54. The lowest BCUT2D eigenvalue weighted by molar-refractivity contribution is -0.115. The fourth-order valence-corrected chi connectivity index (χ4v) is 3.53. The van der Waals surface area contributed by atoms with Gasteiger partial charge in [0.1, 0.15) is 5.37 Å². The number of aromatic carboxylic acids is 1. The van der Waals surface area contributed by atoms with Gasteiger partial charge in [-0.1, -0.05) is 36.4 Å². The number of thioether (sulfide) groups is 1. The highest BCUT2D eigenvalue weighted by molar-refractivity contribution is 8.00. The number of carboxylic acid groups (broad SMARTS) is 1. The monoisotopic (exact) mass is 299 g/mol. The van der Waals surface area contributed by atoms with Gasteiger partial charge < -0.3 is 5.11 Å². The van der Waals surface area contributed by atoms with Gasteiger partial charge in [0.15, 0.2) is 0 Å². The zero-order valence-electron chi connectivity index (χ0n) is 11.1. The number of hydrogen-bond donors (Lipinski definition) is 1. The third-order valence-electron chi connectivity index (χ3n) is 3.32. The Labute approximate surface area is 126 Å². The number of rotatable bonds is 3. The number of benzene rings is 2. The fourth-order valence-electron chi connectivity index (χ4n) is 2.36. The molecule has 2 aromatic rings. The van der Waals surface area contributed by atoms with E-state index in [0.29, 0.717) is 11.4 Å². The van der Waals surface area contributed by atoms with Crippen LogP contribution in [-0.2, 0) is 4.79 Å². The lowest BCUT2D eigenvalue weighted by Gasteiger charge is -2.24. The number of nitrogens with zero attached hydrogens (tertiary/aromatic N) is 1. The van der Waals surface area contributed by atoms with Crippen molar-refractivity contribution in [2.24, 2.45) is 0 Å². The molecule has 2 aromatic carbocycles. The van der Waals surface area contributed by atoms with E-state index in [-0.39, 0.29) is 16.8 Å². The van der Waals surface area contributed by atoms with E-state index in [0.717, 1.165) is 5.56 Å². The summed E-state index contributed by atoms with van der Waals surface area (Å²) in [5.74, 6) is -0.597. The van der Waals surface area contributed by atoms with Crippen LogP contribution in [0, 0.1) is 0 Å². The van der Waals surface area contributed by atoms with Crippen molar-refractivity contribution < 1.29 is 14.7 Å². The summed E-state index contributed by atoms with van der Waals surface area (Å²) in [6, 6.07) is 16.3. The summed E-state index contributed by atoms with van der Waals surface area (Å²) in [4.78, 5) is 25.0. The number of carbonyl (C=O) groups is 2. The number of hydrogen-bond acceptors (Lipinski definition) is 3. The van der Waals surface area contributed by atoms with E-state index in [1.165, 1.54) is 6.07 Å². The molecule has 0 bridgehead atoms. The van der Waals surface area contributed by atoms with Gasteiger partial charge in [0.2, 0.25) is 5.91 Å². The van der Waals surface area contributed by atoms with Crippen LogP contribution in [0.3, 0.4) is 0 Å². The van der Waals surface area contributed by atoms with Crippen LogP contribution in [0.5, 0.6) is 0 Å². The summed E-state index contributed by atoms with van der Waals surface area (Å²) in [7, 11) is 0. The Bertz CT molecular complexity index is 687. The van der Waals surface area contributed by atoms with Crippen molar-refractivity contribution >= 4 is 29.3 Å². The van der Waals surface area contributed by atoms with Crippen molar-refractivity contribution in [1.29, 1.82) is 0 Å². The molecule has 1 heterocycles. The zero-order valence-corrected chi connectivity index (χ0v) is 11.9. The minimum absolute atomic E-state index is 0.00334. The van der Waals surface area contributed by atoms with Gasteiger partial charge in [-0.25, -0.2) is 4.79 Å². The number of amides is 1. The molecule has 0 aromatic heterocycles. The second kappa shape index (κ2) is 5.61. The second-order valence-electron chi connectivity index (χ2n) is 4.69. The van der Waals surface area contributed by atoms with Crippen LogP contribution >= 0.6 is 11.8 Å². The highest BCUT2D eigenvalue weighted by atomic mass is 32.2. The molecule has 4 nitrogen and oxygen atoms in total. The first-order chi connectivity index (χ1) is 10.2. The molecule has 1 aliphatic rings. The van der Waals surface area contributed by atoms with Crippen LogP contribution in [0.2, 0.25) is 0 Å². The number of carbonyl (C=O) groups excluding carboxylic acids is 1. The van der Waals surface area contributed by atoms with Crippen molar-refractivity contribution in [3.05, 3.63) is 65.7 Å². The highest BCUT2D eigenvalue weighted by Gasteiger charge is 2.34. The van der Waals surface area contributed by atoms with Crippen molar-refractivity contribution in [2.75, 3.05) is 10.7 Å². The van der Waals surface area contributed by atoms with Gasteiger partial charge in [-0.3, -0.25) is 9.69 Å². The van der Waals surface area contributed by atoms with E-state index in [4.69, 9.17) is 5.11 Å². The van der Waals surface area contributed by atoms with Gasteiger partial charge >= 0.3 is 5.97 Å². The van der Waals surface area contributed by atoms with Crippen LogP contribution in [0.1, 0.15) is 21.3 Å². The first-order valence-corrected chi connectivity index (χ1v) is 7.53. The van der Waals surface area contributed by atoms with Crippen LogP contribution in [0.15, 0.2) is 54.6 Å². The maximum absolute atomic E-state index is 12.2. The largest absolute Gasteiger partial charge is 0.478 e. The van der Waals surface area contributed by atoms with E-state index < -0.39 is 5.97 Å². The maximum Gasteiger partial charge on any atom is 0.335 e. The second-order valence-corrected chi connectivity index (χ2v) is 5.76. The van der Waals surface area contributed by atoms with Gasteiger partial charge in [0.25, 0.3) is 0 Å². The third kappa shape index (κ3) is 2.64. The molecule has 1 aliphatic heterocycles. The minimum Gasteiger partial charge on any atom is -0.478 e. The van der Waals surface area contributed by atoms with Crippen LogP contribution < -0.4 is 4.90 Å². The molecule has 1 amide bonds. The van der Waals surface area contributed by atoms with Gasteiger partial charge in [0.05, 0.1) is 11.3 Å². The zero-order chi connectivity index (χ0) is 14.8. The summed E-state index contributed by atoms with van der Waals surface area (Å²) >= 11 is 1.55. The van der Waals surface area contributed by atoms with Crippen molar-refractivity contribution in [2.45, 2.75) is 5.37 Å². The van der Waals surface area contributed by atoms with Crippen LogP contribution in [-0.4, -0.2) is 22.7 Å². The molecule has 1 saturated heterocycles. The average molecular weight is 299 g/mol. The van der Waals surface area contributed by atoms with Crippen molar-refractivity contribution in [1.82, 2.24) is 0 Å². The van der Waals surface area contributed by atoms with Gasteiger partial charge in [-0.05, 0) is 23.8 Å². The van der Waals surface area contributed by atoms with E-state index in [2.05, 4.69) is 0 Å². The molecule has 0 aliphatic carbocycles. The van der Waals surface area contributed by atoms with E-state index in [1.807, 2.05) is 30.3 Å². The number of carboxylic acids is 1. The van der Waals surface area contributed by atoms with Crippen molar-refractivity contribution in [3.63, 3.8) is 0 Å². The molecule has 1 N–H and O–H groups in total. The molecule has 0 unspecified atom stereocenters. The molecule has 106 valence electrons. The predicted molar refractivity (Wildman–Crippen MR) is 82.5 cm³/mol. The molecule has 0 radical (unpaired) electrons. The standard InChI is InChI=1S/C16H13NO3S/c18-14-10-21-15(11-5-2-1-3-6-11)17(14)13-8-4-7-12(9-13)16(19)20/h1-9,15H,10H2,(H,19,20)/t15-/m0/s1. The Hall–Kier alpha value is -2.27. The van der Waals surface area contributed by atoms with Gasteiger partial charge in [-0.2, -0.15) is 0 Å². The summed E-state index contributed by atoms with van der Waals surface area (Å²) in [6.07, 6.45) is 0. The molecule has 1 atom stereocenters. The molecule has 0 saturated carbocycles. The molecule has 0 spiro atoms. The lowest BCUT2D eigenvalue weighted by atomic mass is 10.1. The quantitative estimate of drug-likeness (QED) is 0.946. The Balaban J connectivity index is 2.00. The fraction of sp³-hybridized carbons (Fsp3) is 0.125. The SMILES string of the molecule is O=C(O)c1cccc(N2C(=O)CS[C@H]2c2ccccc2)c1. The summed E-state index contributed by atoms with van der Waals surface area (Å²) in [6.45, 7) is 0. The summed E-state index contributed by atoms with van der Waals surface area (Å²) in [5, 5.41) is 8.98. The predicted octanol–water partition coefficient (Wildman–Crippen LogP) is 3.16. The van der Waals surface area contributed by atoms with Crippen LogP contribution in [0.25, 0.3) is 0 Å². The van der Waals surface area contributed by atoms with E-state index >= 15 is 0 Å². The topological polar surface area (TPSA) is 57.6 Å². The first kappa shape index (κ1) is 13.7. The van der Waals surface area contributed by atoms with Gasteiger partial charge in [-0.15, -0.1) is 11.8 Å². The van der Waals surface area contributed by atoms with Gasteiger partial charge in [0, 0.05) is 5.69 Å². The van der Waals surface area contributed by atoms with Crippen molar-refractivity contribution in [3.8, 4) is 0 Å². The Kier molecular flexibility index (Phi) is 3.66. The molecular formula is C16H13NO3S. The lowest BCUT2D eigenvalue weighted by Crippen LogP contribution is -2.27. The number of anilines is 1. The summed E-state index contributed by atoms with van der Waals surface area (Å²) < 4.78 is 0. The maximum atomic E-state index is 12.2. The molecular weight excluding hydrogens is 286 g/mol. The average Bonchev–Trinajstić information content (AvgIpc) is 2.90. The molecule has 3 rings (SSSR count). The van der Waals surface area contributed by atoms with E-state index in [9.17, 15) is 9.59 Å². The highest BCUT2D eigenvalue weighted by Crippen LogP contribution is 2.41. The van der Waals surface area contributed by atoms with E-state index in [1.54, 1.807) is 34.9 Å². The smallest absolute Gasteiger partial charge is 0.335 e. The molecule has 1 fully saturated rings.